The minimum Gasteiger partial charge on any atom is -0.475 e. The first-order chi connectivity index (χ1) is 16.2. The van der Waals surface area contributed by atoms with Crippen LogP contribution in [0, 0.1) is 5.92 Å². The molecule has 1 atom stereocenters. The molecule has 34 heavy (non-hydrogen) atoms. The van der Waals surface area contributed by atoms with Gasteiger partial charge in [0, 0.05) is 55.9 Å². The van der Waals surface area contributed by atoms with Gasteiger partial charge in [0.2, 0.25) is 5.91 Å². The number of carbonyl (C=O) groups excluding carboxylic acids is 1. The zero-order valence-electron chi connectivity index (χ0n) is 18.4. The van der Waals surface area contributed by atoms with Crippen molar-refractivity contribution in [1.29, 1.82) is 0 Å². The van der Waals surface area contributed by atoms with Crippen LogP contribution in [0.3, 0.4) is 0 Å². The number of H-pyrrole nitrogens is 1. The highest BCUT2D eigenvalue weighted by atomic mass is 19.4. The van der Waals surface area contributed by atoms with Gasteiger partial charge in [-0.05, 0) is 36.5 Å². The third kappa shape index (κ3) is 5.96. The van der Waals surface area contributed by atoms with Crippen LogP contribution < -0.4 is 5.32 Å². The van der Waals surface area contributed by atoms with Crippen LogP contribution in [-0.2, 0) is 22.7 Å². The summed E-state index contributed by atoms with van der Waals surface area (Å²) >= 11 is 0. The van der Waals surface area contributed by atoms with Crippen molar-refractivity contribution in [2.45, 2.75) is 44.6 Å². The van der Waals surface area contributed by atoms with Crippen molar-refractivity contribution in [3.05, 3.63) is 54.2 Å². The number of rotatable bonds is 6. The van der Waals surface area contributed by atoms with Gasteiger partial charge >= 0.3 is 12.1 Å². The molecule has 0 radical (unpaired) electrons. The molecule has 3 heterocycles. The summed E-state index contributed by atoms with van der Waals surface area (Å²) in [7, 11) is 0. The molecule has 1 aliphatic heterocycles. The molecule has 5 rings (SSSR count). The monoisotopic (exact) mass is 477 g/mol. The van der Waals surface area contributed by atoms with Crippen molar-refractivity contribution in [3.63, 3.8) is 0 Å². The molecule has 1 aliphatic carbocycles. The summed E-state index contributed by atoms with van der Waals surface area (Å²) in [4.78, 5) is 31.1. The fraction of sp³-hybridized carbons (Fsp3) is 0.435. The number of aliphatic carboxylic acids is 1. The summed E-state index contributed by atoms with van der Waals surface area (Å²) in [5.41, 5.74) is 3.72. The van der Waals surface area contributed by atoms with Crippen molar-refractivity contribution in [3.8, 4) is 0 Å². The highest BCUT2D eigenvalue weighted by molar-refractivity contribution is 5.82. The lowest BCUT2D eigenvalue weighted by molar-refractivity contribution is -0.192. The SMILES string of the molecule is O=C(CC1CC1)NCC1CN(Cc2cccc3[nH]ccc23)Cc2cncn21.O=C(O)C(F)(F)F. The van der Waals surface area contributed by atoms with Crippen LogP contribution in [0.25, 0.3) is 10.9 Å². The van der Waals surface area contributed by atoms with Gasteiger partial charge in [-0.1, -0.05) is 12.1 Å². The van der Waals surface area contributed by atoms with E-state index in [1.165, 1.54) is 35.0 Å². The lowest BCUT2D eigenvalue weighted by atomic mass is 10.1. The van der Waals surface area contributed by atoms with E-state index in [0.717, 1.165) is 19.6 Å². The number of halogens is 3. The van der Waals surface area contributed by atoms with Crippen LogP contribution in [0.2, 0.25) is 0 Å². The number of fused-ring (bicyclic) bond motifs is 2. The number of aromatic nitrogens is 3. The number of imidazole rings is 1. The summed E-state index contributed by atoms with van der Waals surface area (Å²) in [6.07, 6.45) is 3.86. The van der Waals surface area contributed by atoms with Crippen LogP contribution in [0.4, 0.5) is 13.2 Å². The number of aromatic amines is 1. The number of carbonyl (C=O) groups is 2. The molecule has 2 aromatic heterocycles. The fourth-order valence-electron chi connectivity index (χ4n) is 4.16. The Hall–Kier alpha value is -3.34. The minimum atomic E-state index is -5.08. The molecule has 1 saturated carbocycles. The molecule has 1 fully saturated rings. The number of nitrogens with zero attached hydrogens (tertiary/aromatic N) is 3. The third-order valence-electron chi connectivity index (χ3n) is 6.02. The molecule has 0 saturated heterocycles. The molecular formula is C23H26F3N5O3. The summed E-state index contributed by atoms with van der Waals surface area (Å²) in [5.74, 6) is -1.95. The number of carboxylic acids is 1. The van der Waals surface area contributed by atoms with Crippen LogP contribution in [0.15, 0.2) is 43.0 Å². The minimum absolute atomic E-state index is 0.188. The van der Waals surface area contributed by atoms with Gasteiger partial charge in [-0.15, -0.1) is 0 Å². The van der Waals surface area contributed by atoms with E-state index in [-0.39, 0.29) is 11.9 Å². The Labute approximate surface area is 193 Å². The molecule has 3 aromatic rings. The number of amides is 1. The second kappa shape index (κ2) is 9.88. The Morgan fingerprint density at radius 3 is 2.71 bits per heavy atom. The molecule has 8 nitrogen and oxygen atoms in total. The van der Waals surface area contributed by atoms with Crippen LogP contribution in [0.1, 0.15) is 36.6 Å². The summed E-state index contributed by atoms with van der Waals surface area (Å²) < 4.78 is 34.0. The number of hydrogen-bond acceptors (Lipinski definition) is 4. The summed E-state index contributed by atoms with van der Waals surface area (Å²) in [5, 5.41) is 11.6. The van der Waals surface area contributed by atoms with E-state index in [4.69, 9.17) is 9.90 Å². The number of benzene rings is 1. The van der Waals surface area contributed by atoms with Gasteiger partial charge in [0.15, 0.2) is 0 Å². The first-order valence-corrected chi connectivity index (χ1v) is 11.1. The molecular weight excluding hydrogens is 451 g/mol. The van der Waals surface area contributed by atoms with Crippen LogP contribution >= 0.6 is 0 Å². The lowest BCUT2D eigenvalue weighted by Crippen LogP contribution is -2.42. The maximum absolute atomic E-state index is 12.1. The quantitative estimate of drug-likeness (QED) is 0.505. The average Bonchev–Trinajstić information content (AvgIpc) is 3.24. The zero-order chi connectivity index (χ0) is 24.3. The number of nitrogens with one attached hydrogen (secondary N) is 2. The highest BCUT2D eigenvalue weighted by Crippen LogP contribution is 2.32. The second-order valence-corrected chi connectivity index (χ2v) is 8.73. The summed E-state index contributed by atoms with van der Waals surface area (Å²) in [6.45, 7) is 3.36. The maximum Gasteiger partial charge on any atom is 0.490 e. The Bertz CT molecular complexity index is 1150. The molecule has 2 aliphatic rings. The van der Waals surface area contributed by atoms with Crippen molar-refractivity contribution >= 4 is 22.8 Å². The van der Waals surface area contributed by atoms with Gasteiger partial charge in [0.1, 0.15) is 0 Å². The van der Waals surface area contributed by atoms with E-state index >= 15 is 0 Å². The molecule has 1 amide bonds. The Morgan fingerprint density at radius 2 is 2.00 bits per heavy atom. The van der Waals surface area contributed by atoms with Gasteiger partial charge < -0.3 is 20.0 Å². The fourth-order valence-corrected chi connectivity index (χ4v) is 4.16. The van der Waals surface area contributed by atoms with E-state index in [0.29, 0.717) is 18.9 Å². The second-order valence-electron chi connectivity index (χ2n) is 8.73. The van der Waals surface area contributed by atoms with Crippen molar-refractivity contribution < 1.29 is 27.9 Å². The van der Waals surface area contributed by atoms with Crippen molar-refractivity contribution in [1.82, 2.24) is 24.8 Å². The molecule has 3 N–H and O–H groups in total. The predicted molar refractivity (Wildman–Crippen MR) is 118 cm³/mol. The van der Waals surface area contributed by atoms with Crippen molar-refractivity contribution in [2.75, 3.05) is 13.1 Å². The van der Waals surface area contributed by atoms with Gasteiger partial charge in [0.05, 0.1) is 18.1 Å². The van der Waals surface area contributed by atoms with Gasteiger partial charge in [0.25, 0.3) is 0 Å². The normalized spacial score (nSPS) is 18.1. The standard InChI is InChI=1S/C21H25N5O.C2HF3O2/c27-21(8-15-4-5-15)24-10-18-13-25(12-17-9-22-14-26(17)18)11-16-2-1-3-20-19(16)6-7-23-20;3-2(4,5)1(6)7/h1-3,6-7,9,14-15,18,23H,4-5,8,10-13H2,(H,24,27);(H,6,7). The first-order valence-electron chi connectivity index (χ1n) is 11.1. The number of carboxylic acid groups (broad SMARTS) is 1. The molecule has 0 spiro atoms. The van der Waals surface area contributed by atoms with Crippen LogP contribution in [0.5, 0.6) is 0 Å². The van der Waals surface area contributed by atoms with Gasteiger partial charge in [-0.3, -0.25) is 9.69 Å². The smallest absolute Gasteiger partial charge is 0.475 e. The van der Waals surface area contributed by atoms with E-state index in [2.05, 4.69) is 49.0 Å². The van der Waals surface area contributed by atoms with E-state index in [1.807, 2.05) is 18.7 Å². The van der Waals surface area contributed by atoms with Crippen molar-refractivity contribution in [2.24, 2.45) is 5.92 Å². The average molecular weight is 477 g/mol. The molecule has 182 valence electrons. The Kier molecular flexibility index (Phi) is 6.92. The van der Waals surface area contributed by atoms with Gasteiger partial charge in [-0.25, -0.2) is 9.78 Å². The lowest BCUT2D eigenvalue weighted by Gasteiger charge is -2.34. The van der Waals surface area contributed by atoms with E-state index in [1.54, 1.807) is 0 Å². The molecule has 11 heteroatoms. The Morgan fingerprint density at radius 1 is 1.24 bits per heavy atom. The van der Waals surface area contributed by atoms with Gasteiger partial charge in [-0.2, -0.15) is 13.2 Å². The maximum atomic E-state index is 12.1. The highest BCUT2D eigenvalue weighted by Gasteiger charge is 2.38. The number of hydrogen-bond donors (Lipinski definition) is 3. The molecule has 1 unspecified atom stereocenters. The first kappa shape index (κ1) is 23.8. The number of alkyl halides is 3. The predicted octanol–water partition coefficient (Wildman–Crippen LogP) is 3.47. The Balaban J connectivity index is 0.000000344. The van der Waals surface area contributed by atoms with E-state index in [9.17, 15) is 18.0 Å². The zero-order valence-corrected chi connectivity index (χ0v) is 18.4. The van der Waals surface area contributed by atoms with E-state index < -0.39 is 12.1 Å². The third-order valence-corrected chi connectivity index (χ3v) is 6.02. The topological polar surface area (TPSA) is 103 Å². The molecule has 0 bridgehead atoms. The summed E-state index contributed by atoms with van der Waals surface area (Å²) in [6, 6.07) is 8.80. The van der Waals surface area contributed by atoms with Crippen LogP contribution in [-0.4, -0.2) is 55.7 Å². The largest absolute Gasteiger partial charge is 0.490 e. The molecule has 1 aromatic carbocycles.